The average molecular weight is 566 g/mol. The second kappa shape index (κ2) is 10.2. The average Bonchev–Trinajstić information content (AvgIpc) is 3.48. The Morgan fingerprint density at radius 3 is 2.45 bits per heavy atom. The summed E-state index contributed by atoms with van der Waals surface area (Å²) in [6, 6.07) is 20.1. The van der Waals surface area contributed by atoms with E-state index in [0.29, 0.717) is 55.7 Å². The number of aromatic nitrogens is 3. The van der Waals surface area contributed by atoms with Crippen LogP contribution in [0.2, 0.25) is 5.15 Å². The van der Waals surface area contributed by atoms with E-state index in [4.69, 9.17) is 11.6 Å². The minimum absolute atomic E-state index is 0.194. The molecule has 0 aliphatic carbocycles. The summed E-state index contributed by atoms with van der Waals surface area (Å²) in [5, 5.41) is 10.4. The van der Waals surface area contributed by atoms with Gasteiger partial charge >= 0.3 is 0 Å². The lowest BCUT2D eigenvalue weighted by Crippen LogP contribution is -2.19. The summed E-state index contributed by atoms with van der Waals surface area (Å²) in [6.45, 7) is 1.87. The fourth-order valence-corrected chi connectivity index (χ4v) is 7.14. The lowest BCUT2D eigenvalue weighted by molar-refractivity contribution is 0.586. The summed E-state index contributed by atoms with van der Waals surface area (Å²) >= 11 is 7.41. The van der Waals surface area contributed by atoms with Gasteiger partial charge in [0.2, 0.25) is 10.0 Å². The number of hydrogen-bond acceptors (Lipinski definition) is 7. The fraction of sp³-hybridized carbons (Fsp3) is 0.148. The minimum Gasteiger partial charge on any atom is -0.317 e. The van der Waals surface area contributed by atoms with Crippen LogP contribution < -0.4 is 4.90 Å². The summed E-state index contributed by atoms with van der Waals surface area (Å²) in [5.74, 6) is -0.582. The largest absolute Gasteiger partial charge is 0.317 e. The van der Waals surface area contributed by atoms with Crippen LogP contribution in [0.25, 0.3) is 22.3 Å². The third-order valence-corrected chi connectivity index (χ3v) is 8.98. The highest BCUT2D eigenvalue weighted by Gasteiger charge is 2.29. The highest BCUT2D eigenvalue weighted by Crippen LogP contribution is 2.41. The summed E-state index contributed by atoms with van der Waals surface area (Å²) < 4.78 is 42.4. The van der Waals surface area contributed by atoms with Crippen LogP contribution in [0.15, 0.2) is 66.7 Å². The number of benzene rings is 2. The van der Waals surface area contributed by atoms with Crippen LogP contribution in [0.1, 0.15) is 23.1 Å². The molecule has 5 rings (SSSR count). The van der Waals surface area contributed by atoms with Crippen LogP contribution in [0, 0.1) is 17.1 Å². The van der Waals surface area contributed by atoms with E-state index in [1.165, 1.54) is 16.1 Å². The predicted molar refractivity (Wildman–Crippen MR) is 149 cm³/mol. The van der Waals surface area contributed by atoms with Gasteiger partial charge in [0.05, 0.1) is 22.7 Å². The van der Waals surface area contributed by atoms with Crippen LogP contribution in [-0.2, 0) is 22.2 Å². The summed E-state index contributed by atoms with van der Waals surface area (Å²) in [5.41, 5.74) is 3.55. The summed E-state index contributed by atoms with van der Waals surface area (Å²) in [6.07, 6.45) is 0.378. The van der Waals surface area contributed by atoms with E-state index in [0.717, 1.165) is 11.3 Å². The van der Waals surface area contributed by atoms with Crippen molar-refractivity contribution in [3.05, 3.63) is 93.8 Å². The van der Waals surface area contributed by atoms with Crippen LogP contribution in [0.4, 0.5) is 15.2 Å². The molecule has 7 nitrogen and oxygen atoms in total. The number of thiazole rings is 1. The molecule has 0 amide bonds. The molecule has 0 aliphatic rings. The van der Waals surface area contributed by atoms with Gasteiger partial charge in [-0.25, -0.2) is 26.7 Å². The second-order valence-corrected chi connectivity index (χ2v) is 11.7. The third-order valence-electron chi connectivity index (χ3n) is 6.06. The Morgan fingerprint density at radius 1 is 1.08 bits per heavy atom. The number of nitrogens with zero attached hydrogens (tertiary/aromatic N) is 5. The van der Waals surface area contributed by atoms with E-state index in [1.54, 1.807) is 60.5 Å². The highest BCUT2D eigenvalue weighted by atomic mass is 35.5. The van der Waals surface area contributed by atoms with Gasteiger partial charge < -0.3 is 4.90 Å². The summed E-state index contributed by atoms with van der Waals surface area (Å²) in [4.78, 5) is 11.3. The van der Waals surface area contributed by atoms with Gasteiger partial charge in [-0.1, -0.05) is 60.2 Å². The zero-order valence-electron chi connectivity index (χ0n) is 20.4. The van der Waals surface area contributed by atoms with Gasteiger partial charge in [-0.05, 0) is 48.4 Å². The zero-order valence-corrected chi connectivity index (χ0v) is 22.8. The van der Waals surface area contributed by atoms with Crippen molar-refractivity contribution in [2.75, 3.05) is 11.9 Å². The Kier molecular flexibility index (Phi) is 6.92. The number of anilines is 2. The molecule has 0 fully saturated rings. The molecule has 192 valence electrons. The van der Waals surface area contributed by atoms with Crippen molar-refractivity contribution in [1.82, 2.24) is 13.9 Å². The van der Waals surface area contributed by atoms with Crippen molar-refractivity contribution < 1.29 is 12.8 Å². The lowest BCUT2D eigenvalue weighted by atomic mass is 10.1. The molecule has 11 heteroatoms. The molecule has 0 unspecified atom stereocenters. The van der Waals surface area contributed by atoms with Gasteiger partial charge in [0.25, 0.3) is 0 Å². The Labute approximate surface area is 228 Å². The van der Waals surface area contributed by atoms with Crippen LogP contribution in [-0.4, -0.2) is 29.4 Å². The van der Waals surface area contributed by atoms with E-state index in [1.807, 2.05) is 13.0 Å². The minimum atomic E-state index is -3.84. The second-order valence-electron chi connectivity index (χ2n) is 8.51. The molecule has 0 bridgehead atoms. The van der Waals surface area contributed by atoms with Crippen molar-refractivity contribution in [2.45, 2.75) is 19.1 Å². The number of fused-ring (bicyclic) bond motifs is 1. The van der Waals surface area contributed by atoms with E-state index in [-0.39, 0.29) is 16.7 Å². The molecule has 0 radical (unpaired) electrons. The lowest BCUT2D eigenvalue weighted by Gasteiger charge is -2.18. The molecular weight excluding hydrogens is 545 g/mol. The Balaban J connectivity index is 1.69. The van der Waals surface area contributed by atoms with Gasteiger partial charge in [0, 0.05) is 12.6 Å². The molecule has 0 aliphatic heterocycles. The quantitative estimate of drug-likeness (QED) is 0.208. The standard InChI is InChI=1S/C27H21ClFN5O2S2/c1-3-20-26(33(2)27-32-24(22(15-30)37-27)18-9-11-19(29)12-10-18)25-21(13-14-23(28)31-25)34(20)38(35,36)16-17-7-5-4-6-8-17/h4-14H,3,16H2,1-2H3. The normalized spacial score (nSPS) is 11.6. The van der Waals surface area contributed by atoms with Gasteiger partial charge in [-0.3, -0.25) is 0 Å². The Bertz CT molecular complexity index is 1790. The van der Waals surface area contributed by atoms with Gasteiger partial charge in [-0.2, -0.15) is 5.26 Å². The number of halogens is 2. The Hall–Kier alpha value is -3.78. The first-order chi connectivity index (χ1) is 18.2. The number of pyridine rings is 1. The Morgan fingerprint density at radius 2 is 1.79 bits per heavy atom. The van der Waals surface area contributed by atoms with Crippen LogP contribution in [0.3, 0.4) is 0 Å². The van der Waals surface area contributed by atoms with Crippen molar-refractivity contribution in [3.63, 3.8) is 0 Å². The maximum atomic E-state index is 13.8. The van der Waals surface area contributed by atoms with Crippen molar-refractivity contribution in [2.24, 2.45) is 0 Å². The molecule has 3 heterocycles. The van der Waals surface area contributed by atoms with Crippen molar-refractivity contribution in [1.29, 1.82) is 5.26 Å². The molecule has 5 aromatic rings. The molecule has 3 aromatic heterocycles. The molecule has 0 saturated heterocycles. The van der Waals surface area contributed by atoms with Crippen LogP contribution >= 0.6 is 22.9 Å². The van der Waals surface area contributed by atoms with Gasteiger partial charge in [0.1, 0.15) is 33.1 Å². The molecule has 0 atom stereocenters. The van der Waals surface area contributed by atoms with E-state index in [9.17, 15) is 18.1 Å². The molecule has 0 spiro atoms. The fourth-order valence-electron chi connectivity index (χ4n) is 4.40. The SMILES string of the molecule is CCc1c(N(C)c2nc(-c3ccc(F)cc3)c(C#N)s2)c2nc(Cl)ccc2n1S(=O)(=O)Cc1ccccc1. The molecule has 0 N–H and O–H groups in total. The molecule has 2 aromatic carbocycles. The summed E-state index contributed by atoms with van der Waals surface area (Å²) in [7, 11) is -2.09. The van der Waals surface area contributed by atoms with E-state index >= 15 is 0 Å². The molecule has 0 saturated carbocycles. The van der Waals surface area contributed by atoms with Gasteiger partial charge in [-0.15, -0.1) is 0 Å². The molecular formula is C27H21ClFN5O2S2. The van der Waals surface area contributed by atoms with E-state index in [2.05, 4.69) is 16.0 Å². The first-order valence-electron chi connectivity index (χ1n) is 11.6. The zero-order chi connectivity index (χ0) is 27.0. The van der Waals surface area contributed by atoms with E-state index < -0.39 is 10.0 Å². The third kappa shape index (κ3) is 4.65. The van der Waals surface area contributed by atoms with Crippen molar-refractivity contribution in [3.8, 4) is 17.3 Å². The predicted octanol–water partition coefficient (Wildman–Crippen LogP) is 6.53. The first kappa shape index (κ1) is 25.9. The number of hydrogen-bond donors (Lipinski definition) is 0. The topological polar surface area (TPSA) is 91.9 Å². The number of rotatable bonds is 7. The van der Waals surface area contributed by atoms with Crippen molar-refractivity contribution >= 4 is 54.8 Å². The number of nitriles is 1. The smallest absolute Gasteiger partial charge is 0.243 e. The highest BCUT2D eigenvalue weighted by molar-refractivity contribution is 7.89. The molecule has 38 heavy (non-hydrogen) atoms. The van der Waals surface area contributed by atoms with Gasteiger partial charge in [0.15, 0.2) is 5.13 Å². The monoisotopic (exact) mass is 565 g/mol. The van der Waals surface area contributed by atoms with Crippen LogP contribution in [0.5, 0.6) is 0 Å². The maximum absolute atomic E-state index is 13.8. The maximum Gasteiger partial charge on any atom is 0.243 e. The first-order valence-corrected chi connectivity index (χ1v) is 14.4.